The number of ether oxygens (including phenoxy) is 1. The second-order valence-electron chi connectivity index (χ2n) is 5.82. The van der Waals surface area contributed by atoms with Gasteiger partial charge in [-0.3, -0.25) is 4.98 Å². The first kappa shape index (κ1) is 18.3. The number of hydrogen-bond acceptors (Lipinski definition) is 7. The molecule has 2 aromatic heterocycles. The number of aryl methyl sites for hydroxylation is 1. The van der Waals surface area contributed by atoms with Gasteiger partial charge in [-0.15, -0.1) is 0 Å². The van der Waals surface area contributed by atoms with Gasteiger partial charge >= 0.3 is 5.97 Å². The molecular weight excluding hydrogens is 342 g/mol. The monoisotopic (exact) mass is 363 g/mol. The highest BCUT2D eigenvalue weighted by Crippen LogP contribution is 2.17. The summed E-state index contributed by atoms with van der Waals surface area (Å²) in [5.41, 5.74) is 3.05. The average molecular weight is 363 g/mol. The fourth-order valence-electron chi connectivity index (χ4n) is 2.43. The van der Waals surface area contributed by atoms with Crippen molar-refractivity contribution in [3.63, 3.8) is 0 Å². The van der Waals surface area contributed by atoms with Crippen LogP contribution < -0.4 is 10.6 Å². The van der Waals surface area contributed by atoms with Crippen LogP contribution in [0, 0.1) is 6.92 Å². The van der Waals surface area contributed by atoms with Crippen molar-refractivity contribution in [1.82, 2.24) is 15.0 Å². The zero-order valence-electron chi connectivity index (χ0n) is 15.3. The number of nitrogens with zero attached hydrogens (tertiary/aromatic N) is 3. The van der Waals surface area contributed by atoms with Crippen LogP contribution in [0.5, 0.6) is 0 Å². The van der Waals surface area contributed by atoms with Gasteiger partial charge in [-0.1, -0.05) is 6.07 Å². The molecule has 138 valence electrons. The fraction of sp³-hybridized carbons (Fsp3) is 0.200. The molecule has 0 saturated heterocycles. The molecule has 1 aromatic carbocycles. The van der Waals surface area contributed by atoms with E-state index in [2.05, 4.69) is 25.6 Å². The van der Waals surface area contributed by atoms with Crippen molar-refractivity contribution in [2.45, 2.75) is 20.4 Å². The van der Waals surface area contributed by atoms with Gasteiger partial charge in [-0.2, -0.15) is 4.98 Å². The Hall–Kier alpha value is -3.48. The number of nitrogens with one attached hydrogen (secondary N) is 2. The molecule has 0 saturated carbocycles. The first-order chi connectivity index (χ1) is 13.1. The number of carbonyl (C=O) groups is 1. The molecule has 2 N–H and O–H groups in total. The third kappa shape index (κ3) is 5.24. The molecule has 0 aliphatic carbocycles. The summed E-state index contributed by atoms with van der Waals surface area (Å²) in [5.74, 6) is 0.845. The van der Waals surface area contributed by atoms with E-state index in [0.717, 1.165) is 17.1 Å². The molecular formula is C20H21N5O2. The van der Waals surface area contributed by atoms with Crippen molar-refractivity contribution in [2.24, 2.45) is 0 Å². The standard InChI is InChI=1S/C20H21N5O2/c1-3-27-19(26)15-7-9-16(10-8-15)24-20-23-14(2)12-18(25-20)22-13-17-6-4-5-11-21-17/h4-12H,3,13H2,1-2H3,(H2,22,23,24,25). The number of rotatable bonds is 7. The molecule has 0 atom stereocenters. The number of anilines is 3. The second kappa shape index (κ2) is 8.75. The predicted molar refractivity (Wildman–Crippen MR) is 104 cm³/mol. The van der Waals surface area contributed by atoms with Crippen LogP contribution in [-0.4, -0.2) is 27.5 Å². The van der Waals surface area contributed by atoms with Gasteiger partial charge in [0, 0.05) is 23.6 Å². The van der Waals surface area contributed by atoms with E-state index < -0.39 is 0 Å². The molecule has 7 heteroatoms. The Labute approximate surface area is 157 Å². The third-order valence-electron chi connectivity index (χ3n) is 3.68. The van der Waals surface area contributed by atoms with Crippen molar-refractivity contribution in [1.29, 1.82) is 0 Å². The Morgan fingerprint density at radius 3 is 2.63 bits per heavy atom. The number of aromatic nitrogens is 3. The molecule has 0 radical (unpaired) electrons. The van der Waals surface area contributed by atoms with Crippen molar-refractivity contribution < 1.29 is 9.53 Å². The van der Waals surface area contributed by atoms with Crippen LogP contribution in [0.2, 0.25) is 0 Å². The summed E-state index contributed by atoms with van der Waals surface area (Å²) in [5, 5.41) is 6.40. The Morgan fingerprint density at radius 2 is 1.93 bits per heavy atom. The predicted octanol–water partition coefficient (Wildman–Crippen LogP) is 3.71. The quantitative estimate of drug-likeness (QED) is 0.619. The molecule has 0 spiro atoms. The van der Waals surface area contributed by atoms with Gasteiger partial charge in [0.05, 0.1) is 24.4 Å². The lowest BCUT2D eigenvalue weighted by Crippen LogP contribution is -2.07. The first-order valence-electron chi connectivity index (χ1n) is 8.67. The Kier molecular flexibility index (Phi) is 5.94. The Balaban J connectivity index is 1.68. The van der Waals surface area contributed by atoms with Crippen LogP contribution >= 0.6 is 0 Å². The summed E-state index contributed by atoms with van der Waals surface area (Å²) >= 11 is 0. The van der Waals surface area contributed by atoms with E-state index in [9.17, 15) is 4.79 Å². The van der Waals surface area contributed by atoms with Gasteiger partial charge < -0.3 is 15.4 Å². The minimum Gasteiger partial charge on any atom is -0.462 e. The van der Waals surface area contributed by atoms with Crippen molar-refractivity contribution in [3.05, 3.63) is 71.7 Å². The lowest BCUT2D eigenvalue weighted by atomic mass is 10.2. The summed E-state index contributed by atoms with van der Waals surface area (Å²) in [7, 11) is 0. The summed E-state index contributed by atoms with van der Waals surface area (Å²) in [6, 6.07) is 14.6. The number of carbonyl (C=O) groups excluding carboxylic acids is 1. The average Bonchev–Trinajstić information content (AvgIpc) is 2.67. The van der Waals surface area contributed by atoms with Gasteiger partial charge in [-0.05, 0) is 50.2 Å². The molecule has 0 aliphatic heterocycles. The van der Waals surface area contributed by atoms with E-state index in [4.69, 9.17) is 4.74 Å². The third-order valence-corrected chi connectivity index (χ3v) is 3.68. The highest BCUT2D eigenvalue weighted by Gasteiger charge is 2.07. The van der Waals surface area contributed by atoms with E-state index in [-0.39, 0.29) is 5.97 Å². The van der Waals surface area contributed by atoms with Gasteiger partial charge in [0.1, 0.15) is 5.82 Å². The number of hydrogen-bond donors (Lipinski definition) is 2. The molecule has 0 bridgehead atoms. The highest BCUT2D eigenvalue weighted by atomic mass is 16.5. The molecule has 0 aliphatic rings. The normalized spacial score (nSPS) is 10.3. The van der Waals surface area contributed by atoms with Crippen molar-refractivity contribution in [3.8, 4) is 0 Å². The summed E-state index contributed by atoms with van der Waals surface area (Å²) < 4.78 is 4.98. The maximum atomic E-state index is 11.7. The van der Waals surface area contributed by atoms with Crippen LogP contribution in [-0.2, 0) is 11.3 Å². The van der Waals surface area contributed by atoms with E-state index in [1.165, 1.54) is 0 Å². The number of esters is 1. The molecule has 0 amide bonds. The topological polar surface area (TPSA) is 89.0 Å². The highest BCUT2D eigenvalue weighted by molar-refractivity contribution is 5.89. The van der Waals surface area contributed by atoms with Crippen molar-refractivity contribution in [2.75, 3.05) is 17.2 Å². The minimum absolute atomic E-state index is 0.336. The Bertz CT molecular complexity index is 898. The zero-order valence-corrected chi connectivity index (χ0v) is 15.3. The van der Waals surface area contributed by atoms with Crippen LogP contribution in [0.3, 0.4) is 0 Å². The summed E-state index contributed by atoms with van der Waals surface area (Å²) in [4.78, 5) is 24.9. The fourth-order valence-corrected chi connectivity index (χ4v) is 2.43. The molecule has 2 heterocycles. The number of benzene rings is 1. The van der Waals surface area contributed by atoms with Gasteiger partial charge in [0.2, 0.25) is 5.95 Å². The van der Waals surface area contributed by atoms with Gasteiger partial charge in [0.15, 0.2) is 0 Å². The summed E-state index contributed by atoms with van der Waals surface area (Å²) in [6.07, 6.45) is 1.76. The summed E-state index contributed by atoms with van der Waals surface area (Å²) in [6.45, 7) is 4.61. The zero-order chi connectivity index (χ0) is 19.1. The number of pyridine rings is 1. The Morgan fingerprint density at radius 1 is 1.11 bits per heavy atom. The minimum atomic E-state index is -0.336. The molecule has 3 aromatic rings. The van der Waals surface area contributed by atoms with Crippen molar-refractivity contribution >= 4 is 23.4 Å². The van der Waals surface area contributed by atoms with E-state index in [1.54, 1.807) is 37.4 Å². The molecule has 7 nitrogen and oxygen atoms in total. The van der Waals surface area contributed by atoms with E-state index in [1.807, 2.05) is 31.2 Å². The van der Waals surface area contributed by atoms with E-state index >= 15 is 0 Å². The van der Waals surface area contributed by atoms with Crippen LogP contribution in [0.4, 0.5) is 17.5 Å². The first-order valence-corrected chi connectivity index (χ1v) is 8.67. The lowest BCUT2D eigenvalue weighted by molar-refractivity contribution is 0.0526. The SMILES string of the molecule is CCOC(=O)c1ccc(Nc2nc(C)cc(NCc3ccccn3)n2)cc1. The van der Waals surface area contributed by atoms with Gasteiger partial charge in [-0.25, -0.2) is 9.78 Å². The smallest absolute Gasteiger partial charge is 0.338 e. The lowest BCUT2D eigenvalue weighted by Gasteiger charge is -2.10. The van der Waals surface area contributed by atoms with Crippen LogP contribution in [0.1, 0.15) is 28.7 Å². The maximum absolute atomic E-state index is 11.7. The van der Waals surface area contributed by atoms with Crippen LogP contribution in [0.25, 0.3) is 0 Å². The molecule has 0 fully saturated rings. The largest absolute Gasteiger partial charge is 0.462 e. The molecule has 0 unspecified atom stereocenters. The molecule has 27 heavy (non-hydrogen) atoms. The maximum Gasteiger partial charge on any atom is 0.338 e. The van der Waals surface area contributed by atoms with E-state index in [0.29, 0.717) is 30.5 Å². The van der Waals surface area contributed by atoms with Crippen LogP contribution in [0.15, 0.2) is 54.7 Å². The molecule has 3 rings (SSSR count). The second-order valence-corrected chi connectivity index (χ2v) is 5.82. The van der Waals surface area contributed by atoms with Gasteiger partial charge in [0.25, 0.3) is 0 Å².